The monoisotopic (exact) mass is 519 g/mol. The molecule has 1 aliphatic rings. The quantitative estimate of drug-likeness (QED) is 0.349. The van der Waals surface area contributed by atoms with Gasteiger partial charge in [0.15, 0.2) is 0 Å². The van der Waals surface area contributed by atoms with Crippen molar-refractivity contribution < 1.29 is 9.59 Å². The van der Waals surface area contributed by atoms with Gasteiger partial charge in [-0.1, -0.05) is 65.5 Å². The highest BCUT2D eigenvalue weighted by atomic mass is 32.1. The van der Waals surface area contributed by atoms with Crippen LogP contribution in [0.5, 0.6) is 0 Å². The van der Waals surface area contributed by atoms with Crippen molar-refractivity contribution in [1.29, 1.82) is 0 Å². The van der Waals surface area contributed by atoms with E-state index in [0.29, 0.717) is 22.4 Å². The van der Waals surface area contributed by atoms with Crippen molar-refractivity contribution in [3.05, 3.63) is 76.0 Å². The topological polar surface area (TPSA) is 123 Å². The van der Waals surface area contributed by atoms with Gasteiger partial charge in [-0.2, -0.15) is 0 Å². The maximum Gasteiger partial charge on any atom is 0.232 e. The molecule has 1 aliphatic carbocycles. The van der Waals surface area contributed by atoms with Crippen LogP contribution in [-0.2, 0) is 22.4 Å². The van der Waals surface area contributed by atoms with Crippen LogP contribution in [0.2, 0.25) is 0 Å². The molecular formula is C25H25N7O2S2. The Hall–Kier alpha value is -3.57. The summed E-state index contributed by atoms with van der Waals surface area (Å²) in [6, 6.07) is 15.1. The number of anilines is 2. The average Bonchev–Trinajstić information content (AvgIpc) is 3.55. The predicted octanol–water partition coefficient (Wildman–Crippen LogP) is 4.59. The Morgan fingerprint density at radius 1 is 0.778 bits per heavy atom. The van der Waals surface area contributed by atoms with Gasteiger partial charge in [-0.25, -0.2) is 0 Å². The minimum Gasteiger partial charge on any atom is -0.300 e. The zero-order valence-electron chi connectivity index (χ0n) is 19.5. The number of nitrogens with zero attached hydrogens (tertiary/aromatic N) is 5. The minimum absolute atomic E-state index is 0.100. The molecule has 0 unspecified atom stereocenters. The highest BCUT2D eigenvalue weighted by molar-refractivity contribution is 7.15. The Morgan fingerprint density at radius 3 is 2.00 bits per heavy atom. The smallest absolute Gasteiger partial charge is 0.232 e. The third-order valence-electron chi connectivity index (χ3n) is 6.02. The summed E-state index contributed by atoms with van der Waals surface area (Å²) in [5.41, 5.74) is 1.67. The number of benzene rings is 1. The molecule has 0 aliphatic heterocycles. The number of nitrogens with one attached hydrogen (secondary N) is 2. The molecule has 2 N–H and O–H groups in total. The molecule has 4 aromatic rings. The largest absolute Gasteiger partial charge is 0.300 e. The van der Waals surface area contributed by atoms with Gasteiger partial charge in [-0.3, -0.25) is 14.6 Å². The lowest BCUT2D eigenvalue weighted by Gasteiger charge is -2.25. The Kier molecular flexibility index (Phi) is 7.67. The molecule has 0 spiro atoms. The van der Waals surface area contributed by atoms with E-state index in [1.165, 1.54) is 22.7 Å². The molecule has 0 bridgehead atoms. The highest BCUT2D eigenvalue weighted by Gasteiger charge is 2.29. The van der Waals surface area contributed by atoms with E-state index in [9.17, 15) is 9.59 Å². The van der Waals surface area contributed by atoms with Crippen molar-refractivity contribution >= 4 is 44.8 Å². The number of carbonyl (C=O) groups is 2. The lowest BCUT2D eigenvalue weighted by molar-refractivity contribution is -0.116. The summed E-state index contributed by atoms with van der Waals surface area (Å²) >= 11 is 2.87. The Bertz CT molecular complexity index is 1210. The first-order valence-electron chi connectivity index (χ1n) is 11.8. The van der Waals surface area contributed by atoms with E-state index < -0.39 is 0 Å². The van der Waals surface area contributed by atoms with Crippen LogP contribution in [0.25, 0.3) is 0 Å². The van der Waals surface area contributed by atoms with E-state index in [0.717, 1.165) is 41.3 Å². The summed E-state index contributed by atoms with van der Waals surface area (Å²) in [5.74, 6) is 0.250. The van der Waals surface area contributed by atoms with E-state index in [1.54, 1.807) is 6.20 Å². The fourth-order valence-electron chi connectivity index (χ4n) is 4.31. The molecule has 1 saturated carbocycles. The lowest BCUT2D eigenvalue weighted by atomic mass is 9.82. The van der Waals surface area contributed by atoms with E-state index in [1.807, 2.05) is 48.5 Å². The number of amides is 2. The molecule has 3 aromatic heterocycles. The van der Waals surface area contributed by atoms with Crippen molar-refractivity contribution in [1.82, 2.24) is 25.4 Å². The van der Waals surface area contributed by atoms with Gasteiger partial charge in [-0.05, 0) is 37.0 Å². The predicted molar refractivity (Wildman–Crippen MR) is 139 cm³/mol. The second kappa shape index (κ2) is 11.4. The van der Waals surface area contributed by atoms with Crippen molar-refractivity contribution in [2.45, 2.75) is 50.4 Å². The second-order valence-corrected chi connectivity index (χ2v) is 10.7. The summed E-state index contributed by atoms with van der Waals surface area (Å²) in [4.78, 5) is 28.9. The lowest BCUT2D eigenvalue weighted by Crippen LogP contribution is -2.14. The number of pyridine rings is 1. The third kappa shape index (κ3) is 6.35. The zero-order valence-corrected chi connectivity index (χ0v) is 21.1. The maximum atomic E-state index is 12.4. The molecule has 9 nitrogen and oxygen atoms in total. The first-order valence-corrected chi connectivity index (χ1v) is 13.5. The van der Waals surface area contributed by atoms with Crippen LogP contribution >= 0.6 is 22.7 Å². The number of carbonyl (C=O) groups excluding carboxylic acids is 2. The minimum atomic E-state index is -0.159. The van der Waals surface area contributed by atoms with Crippen LogP contribution in [0.15, 0.2) is 54.7 Å². The molecule has 2 amide bonds. The van der Waals surface area contributed by atoms with E-state index >= 15 is 0 Å². The van der Waals surface area contributed by atoms with Crippen molar-refractivity contribution in [3.8, 4) is 0 Å². The van der Waals surface area contributed by atoms with Gasteiger partial charge in [0.1, 0.15) is 10.0 Å². The van der Waals surface area contributed by atoms with E-state index in [4.69, 9.17) is 0 Å². The van der Waals surface area contributed by atoms with Crippen LogP contribution in [0.4, 0.5) is 10.3 Å². The van der Waals surface area contributed by atoms with Crippen LogP contribution < -0.4 is 10.6 Å². The SMILES string of the molecule is O=C(Cc1ccccc1)Nc1nnc([C@H]2CCC[C@H](c3nnc(NC(=O)Cc4ccccn4)s3)C2)s1. The molecule has 2 atom stereocenters. The molecule has 5 rings (SSSR count). The van der Waals surface area contributed by atoms with Gasteiger partial charge in [-0.15, -0.1) is 20.4 Å². The summed E-state index contributed by atoms with van der Waals surface area (Å²) < 4.78 is 0. The average molecular weight is 520 g/mol. The van der Waals surface area contributed by atoms with Gasteiger partial charge in [0.05, 0.1) is 12.8 Å². The fraction of sp³-hybridized carbons (Fsp3) is 0.320. The van der Waals surface area contributed by atoms with Crippen LogP contribution in [0, 0.1) is 0 Å². The van der Waals surface area contributed by atoms with Crippen LogP contribution in [0.3, 0.4) is 0 Å². The zero-order chi connectivity index (χ0) is 24.7. The highest BCUT2D eigenvalue weighted by Crippen LogP contribution is 2.43. The van der Waals surface area contributed by atoms with Gasteiger partial charge >= 0.3 is 0 Å². The van der Waals surface area contributed by atoms with Crippen LogP contribution in [-0.4, -0.2) is 37.2 Å². The molecule has 11 heteroatoms. The molecule has 184 valence electrons. The Labute approximate surface area is 216 Å². The van der Waals surface area contributed by atoms with Gasteiger partial charge < -0.3 is 10.6 Å². The number of hydrogen-bond acceptors (Lipinski definition) is 9. The molecule has 0 saturated heterocycles. The van der Waals surface area contributed by atoms with Crippen LogP contribution in [0.1, 0.15) is 58.8 Å². The summed E-state index contributed by atoms with van der Waals surface area (Å²) in [5, 5.41) is 25.7. The Morgan fingerprint density at radius 2 is 1.39 bits per heavy atom. The van der Waals surface area contributed by atoms with Crippen molar-refractivity contribution in [3.63, 3.8) is 0 Å². The molecule has 1 aromatic carbocycles. The molecular weight excluding hydrogens is 494 g/mol. The molecule has 3 heterocycles. The number of aromatic nitrogens is 5. The fourth-order valence-corrected chi connectivity index (χ4v) is 6.13. The van der Waals surface area contributed by atoms with Gasteiger partial charge in [0.2, 0.25) is 22.1 Å². The van der Waals surface area contributed by atoms with E-state index in [-0.39, 0.29) is 30.1 Å². The summed E-state index contributed by atoms with van der Waals surface area (Å²) in [6.45, 7) is 0. The normalized spacial score (nSPS) is 17.4. The van der Waals surface area contributed by atoms with Crippen molar-refractivity contribution in [2.75, 3.05) is 10.6 Å². The second-order valence-electron chi connectivity index (χ2n) is 8.71. The standard InChI is InChI=1S/C25H25N7O2S2/c33-20(13-16-7-2-1-3-8-16)27-24-31-29-22(35-24)17-9-6-10-18(14-17)23-30-32-25(36-23)28-21(34)15-19-11-4-5-12-26-19/h1-5,7-8,11-12,17-18H,6,9-10,13-15H2,(H,27,31,33)(H,28,32,34)/t17-,18-/m0/s1. The van der Waals surface area contributed by atoms with E-state index in [2.05, 4.69) is 36.0 Å². The first kappa shape index (κ1) is 24.1. The maximum absolute atomic E-state index is 12.4. The molecule has 1 fully saturated rings. The van der Waals surface area contributed by atoms with Gasteiger partial charge in [0.25, 0.3) is 0 Å². The summed E-state index contributed by atoms with van der Waals surface area (Å²) in [6.07, 6.45) is 6.16. The Balaban J connectivity index is 1.15. The first-order chi connectivity index (χ1) is 17.6. The third-order valence-corrected chi connectivity index (χ3v) is 8.02. The molecule has 36 heavy (non-hydrogen) atoms. The summed E-state index contributed by atoms with van der Waals surface area (Å²) in [7, 11) is 0. The van der Waals surface area contributed by atoms with Gasteiger partial charge in [0, 0.05) is 23.7 Å². The number of rotatable bonds is 8. The molecule has 0 radical (unpaired) electrons. The number of hydrogen-bond donors (Lipinski definition) is 2. The van der Waals surface area contributed by atoms with Crippen molar-refractivity contribution in [2.24, 2.45) is 0 Å².